The molecule has 1 aliphatic carbocycles. The normalized spacial score (nSPS) is 18.3. The lowest BCUT2D eigenvalue weighted by atomic mass is 10.2. The van der Waals surface area contributed by atoms with Crippen LogP contribution in [0.2, 0.25) is 0 Å². The Balaban J connectivity index is 2.38. The van der Waals surface area contributed by atoms with Gasteiger partial charge in [0.25, 0.3) is 0 Å². The number of H-pyrrole nitrogens is 1. The second-order valence-electron chi connectivity index (χ2n) is 4.78. The number of imidazole rings is 1. The lowest BCUT2D eigenvalue weighted by Crippen LogP contribution is -2.11. The van der Waals surface area contributed by atoms with Crippen molar-refractivity contribution in [2.24, 2.45) is 0 Å². The summed E-state index contributed by atoms with van der Waals surface area (Å²) in [6.45, 7) is 4.38. The largest absolute Gasteiger partial charge is 0.331 e. The summed E-state index contributed by atoms with van der Waals surface area (Å²) >= 11 is 5.39. The van der Waals surface area contributed by atoms with Crippen molar-refractivity contribution in [3.8, 4) is 0 Å². The number of aromatic amines is 1. The predicted octanol–water partition coefficient (Wildman–Crippen LogP) is 3.52. The van der Waals surface area contributed by atoms with E-state index in [9.17, 15) is 0 Å². The molecule has 0 bridgehead atoms. The first-order valence-corrected chi connectivity index (χ1v) is 5.73. The van der Waals surface area contributed by atoms with Crippen molar-refractivity contribution in [2.45, 2.75) is 32.2 Å². The molecule has 1 heterocycles. The van der Waals surface area contributed by atoms with Crippen molar-refractivity contribution in [1.29, 1.82) is 0 Å². The highest BCUT2D eigenvalue weighted by Crippen LogP contribution is 2.44. The molecule has 0 aliphatic heterocycles. The Kier molecular flexibility index (Phi) is 1.67. The third-order valence-corrected chi connectivity index (χ3v) is 3.64. The molecule has 3 rings (SSSR count). The minimum absolute atomic E-state index is 0.268. The molecule has 1 aliphatic rings. The van der Waals surface area contributed by atoms with Crippen LogP contribution >= 0.6 is 12.2 Å². The van der Waals surface area contributed by atoms with Crippen molar-refractivity contribution in [1.82, 2.24) is 9.55 Å². The molecule has 1 saturated carbocycles. The Labute approximate surface area is 93.9 Å². The number of fused-ring (bicyclic) bond motifs is 1. The van der Waals surface area contributed by atoms with E-state index in [1.54, 1.807) is 0 Å². The minimum Gasteiger partial charge on any atom is -0.331 e. The lowest BCUT2D eigenvalue weighted by molar-refractivity contribution is 0.541. The van der Waals surface area contributed by atoms with Gasteiger partial charge in [-0.3, -0.25) is 0 Å². The molecule has 1 fully saturated rings. The van der Waals surface area contributed by atoms with Crippen molar-refractivity contribution in [3.63, 3.8) is 0 Å². The number of aryl methyl sites for hydroxylation is 1. The van der Waals surface area contributed by atoms with Gasteiger partial charge >= 0.3 is 0 Å². The van der Waals surface area contributed by atoms with Gasteiger partial charge in [0.15, 0.2) is 4.77 Å². The summed E-state index contributed by atoms with van der Waals surface area (Å²) in [6, 6.07) is 6.47. The quantitative estimate of drug-likeness (QED) is 0.726. The fourth-order valence-corrected chi connectivity index (χ4v) is 2.59. The molecule has 0 radical (unpaired) electrons. The molecule has 2 aromatic rings. The summed E-state index contributed by atoms with van der Waals surface area (Å²) in [5.41, 5.74) is 3.94. The third-order valence-electron chi connectivity index (χ3n) is 3.35. The first-order valence-electron chi connectivity index (χ1n) is 5.32. The maximum atomic E-state index is 5.39. The summed E-state index contributed by atoms with van der Waals surface area (Å²) in [6.07, 6.45) is 2.48. The Bertz CT molecular complexity index is 587. The Morgan fingerprint density at radius 3 is 2.80 bits per heavy atom. The predicted molar refractivity (Wildman–Crippen MR) is 64.7 cm³/mol. The van der Waals surface area contributed by atoms with Gasteiger partial charge in [-0.2, -0.15) is 0 Å². The van der Waals surface area contributed by atoms with E-state index < -0.39 is 0 Å². The van der Waals surface area contributed by atoms with Gasteiger partial charge in [-0.15, -0.1) is 0 Å². The first kappa shape index (κ1) is 9.16. The summed E-state index contributed by atoms with van der Waals surface area (Å²) < 4.78 is 3.13. The monoisotopic (exact) mass is 218 g/mol. The summed E-state index contributed by atoms with van der Waals surface area (Å²) in [5, 5.41) is 0. The molecular weight excluding hydrogens is 204 g/mol. The zero-order valence-electron chi connectivity index (χ0n) is 9.00. The number of nitrogens with zero attached hydrogens (tertiary/aromatic N) is 1. The van der Waals surface area contributed by atoms with Crippen LogP contribution in [0.3, 0.4) is 0 Å². The molecule has 1 aromatic heterocycles. The average Bonchev–Trinajstić information content (AvgIpc) is 2.79. The Morgan fingerprint density at radius 1 is 1.40 bits per heavy atom. The molecule has 2 nitrogen and oxygen atoms in total. The van der Waals surface area contributed by atoms with Crippen molar-refractivity contribution >= 4 is 23.3 Å². The van der Waals surface area contributed by atoms with E-state index in [1.807, 2.05) is 0 Å². The van der Waals surface area contributed by atoms with Crippen LogP contribution in [0, 0.1) is 11.7 Å². The van der Waals surface area contributed by atoms with E-state index in [0.717, 1.165) is 10.3 Å². The second kappa shape index (κ2) is 2.73. The molecular formula is C12H14N2S. The van der Waals surface area contributed by atoms with Crippen molar-refractivity contribution in [3.05, 3.63) is 28.5 Å². The van der Waals surface area contributed by atoms with Gasteiger partial charge in [-0.1, -0.05) is 6.07 Å². The number of nitrogens with one attached hydrogen (secondary N) is 1. The molecule has 0 saturated heterocycles. The number of rotatable bonds is 1. The van der Waals surface area contributed by atoms with Gasteiger partial charge in [0.1, 0.15) is 0 Å². The molecule has 3 heteroatoms. The Hall–Kier alpha value is -1.09. The summed E-state index contributed by atoms with van der Waals surface area (Å²) in [4.78, 5) is 3.29. The van der Waals surface area contributed by atoms with Gasteiger partial charge < -0.3 is 9.55 Å². The highest BCUT2D eigenvalue weighted by atomic mass is 32.1. The zero-order valence-corrected chi connectivity index (χ0v) is 9.82. The van der Waals surface area contributed by atoms with E-state index in [0.29, 0.717) is 0 Å². The highest BCUT2D eigenvalue weighted by Gasteiger charge is 2.40. The van der Waals surface area contributed by atoms with Gasteiger partial charge in [-0.05, 0) is 56.6 Å². The van der Waals surface area contributed by atoms with E-state index in [-0.39, 0.29) is 5.54 Å². The van der Waals surface area contributed by atoms with Crippen LogP contribution in [-0.4, -0.2) is 9.55 Å². The maximum absolute atomic E-state index is 5.39. The van der Waals surface area contributed by atoms with E-state index in [1.165, 1.54) is 23.9 Å². The first-order chi connectivity index (χ1) is 7.10. The topological polar surface area (TPSA) is 20.7 Å². The fourth-order valence-electron chi connectivity index (χ4n) is 2.17. The summed E-state index contributed by atoms with van der Waals surface area (Å²) in [5.74, 6) is 0. The zero-order chi connectivity index (χ0) is 10.6. The molecule has 1 N–H and O–H groups in total. The second-order valence-corrected chi connectivity index (χ2v) is 5.17. The van der Waals surface area contributed by atoms with Crippen LogP contribution in [0.5, 0.6) is 0 Å². The molecule has 0 atom stereocenters. The molecule has 15 heavy (non-hydrogen) atoms. The molecule has 0 amide bonds. The van der Waals surface area contributed by atoms with Gasteiger partial charge in [0.2, 0.25) is 0 Å². The van der Waals surface area contributed by atoms with Crippen LogP contribution < -0.4 is 0 Å². The van der Waals surface area contributed by atoms with Crippen LogP contribution in [0.4, 0.5) is 0 Å². The van der Waals surface area contributed by atoms with E-state index >= 15 is 0 Å². The van der Waals surface area contributed by atoms with Crippen LogP contribution in [0.15, 0.2) is 18.2 Å². The minimum atomic E-state index is 0.268. The van der Waals surface area contributed by atoms with Crippen molar-refractivity contribution in [2.75, 3.05) is 0 Å². The molecule has 0 unspecified atom stereocenters. The van der Waals surface area contributed by atoms with Crippen LogP contribution in [0.1, 0.15) is 25.3 Å². The van der Waals surface area contributed by atoms with E-state index in [4.69, 9.17) is 12.2 Å². The lowest BCUT2D eigenvalue weighted by Gasteiger charge is -2.11. The fraction of sp³-hybridized carbons (Fsp3) is 0.417. The number of benzene rings is 1. The van der Waals surface area contributed by atoms with Gasteiger partial charge in [0.05, 0.1) is 11.0 Å². The third kappa shape index (κ3) is 1.26. The average molecular weight is 218 g/mol. The van der Waals surface area contributed by atoms with Gasteiger partial charge in [-0.25, -0.2) is 0 Å². The van der Waals surface area contributed by atoms with Crippen LogP contribution in [-0.2, 0) is 5.54 Å². The number of hydrogen-bond donors (Lipinski definition) is 1. The standard InChI is InChI=1S/C12H14N2S/c1-8-3-4-10-9(7-8)13-11(15)14(10)12(2)5-6-12/h3-4,7H,5-6H2,1-2H3,(H,13,15). The molecule has 0 spiro atoms. The number of hydrogen-bond acceptors (Lipinski definition) is 1. The van der Waals surface area contributed by atoms with Crippen molar-refractivity contribution < 1.29 is 0 Å². The molecule has 78 valence electrons. The highest BCUT2D eigenvalue weighted by molar-refractivity contribution is 7.71. The van der Waals surface area contributed by atoms with E-state index in [2.05, 4.69) is 41.6 Å². The number of aromatic nitrogens is 2. The smallest absolute Gasteiger partial charge is 0.178 e. The van der Waals surface area contributed by atoms with Crippen LogP contribution in [0.25, 0.3) is 11.0 Å². The maximum Gasteiger partial charge on any atom is 0.178 e. The molecule has 1 aromatic carbocycles. The SMILES string of the molecule is Cc1ccc2c(c1)[nH]c(=S)n2C1(C)CC1. The Morgan fingerprint density at radius 2 is 2.13 bits per heavy atom. The van der Waals surface area contributed by atoms with Gasteiger partial charge in [0, 0.05) is 5.54 Å². The summed E-state index contributed by atoms with van der Waals surface area (Å²) in [7, 11) is 0.